The highest BCUT2D eigenvalue weighted by Gasteiger charge is 2.25. The van der Waals surface area contributed by atoms with Gasteiger partial charge in [-0.2, -0.15) is 0 Å². The van der Waals surface area contributed by atoms with Gasteiger partial charge in [-0.1, -0.05) is 18.2 Å². The lowest BCUT2D eigenvalue weighted by molar-refractivity contribution is 0.0971. The molecular formula is C14H15NO. The lowest BCUT2D eigenvalue weighted by Gasteiger charge is -2.10. The van der Waals surface area contributed by atoms with Crippen molar-refractivity contribution >= 4 is 11.4 Å². The van der Waals surface area contributed by atoms with Crippen molar-refractivity contribution < 1.29 is 4.79 Å². The number of aromatic amines is 1. The summed E-state index contributed by atoms with van der Waals surface area (Å²) >= 11 is 0. The summed E-state index contributed by atoms with van der Waals surface area (Å²) in [6.45, 7) is 2.10. The normalized spacial score (nSPS) is 18.8. The van der Waals surface area contributed by atoms with E-state index in [9.17, 15) is 4.79 Å². The fourth-order valence-electron chi connectivity index (χ4n) is 2.69. The van der Waals surface area contributed by atoms with E-state index in [1.165, 1.54) is 16.8 Å². The minimum absolute atomic E-state index is 0.321. The Hall–Kier alpha value is -1.57. The van der Waals surface area contributed by atoms with Gasteiger partial charge < -0.3 is 4.98 Å². The number of carbonyl (C=O) groups excluding carboxylic acids is 1. The zero-order valence-electron chi connectivity index (χ0n) is 9.47. The number of H-pyrrole nitrogens is 1. The van der Waals surface area contributed by atoms with Crippen molar-refractivity contribution in [3.63, 3.8) is 0 Å². The fraction of sp³-hybridized carbons (Fsp3) is 0.357. The molecule has 2 aliphatic carbocycles. The monoisotopic (exact) mass is 213 g/mol. The average molecular weight is 213 g/mol. The van der Waals surface area contributed by atoms with Crippen LogP contribution in [0.5, 0.6) is 0 Å². The second-order valence-corrected chi connectivity index (χ2v) is 4.59. The third kappa shape index (κ3) is 1.29. The molecule has 2 nitrogen and oxygen atoms in total. The molecule has 0 aromatic carbocycles. The van der Waals surface area contributed by atoms with E-state index in [0.717, 1.165) is 30.5 Å². The summed E-state index contributed by atoms with van der Waals surface area (Å²) in [6.07, 6.45) is 9.91. The van der Waals surface area contributed by atoms with Gasteiger partial charge in [-0.15, -0.1) is 0 Å². The van der Waals surface area contributed by atoms with Crippen LogP contribution < -0.4 is 0 Å². The minimum Gasteiger partial charge on any atom is -0.358 e. The van der Waals surface area contributed by atoms with Crippen molar-refractivity contribution in [3.8, 4) is 0 Å². The molecule has 1 heterocycles. The third-order valence-corrected chi connectivity index (χ3v) is 3.49. The highest BCUT2D eigenvalue weighted by molar-refractivity contribution is 6.01. The van der Waals surface area contributed by atoms with Crippen LogP contribution in [0.3, 0.4) is 0 Å². The molecule has 16 heavy (non-hydrogen) atoms. The topological polar surface area (TPSA) is 32.9 Å². The van der Waals surface area contributed by atoms with E-state index in [0.29, 0.717) is 12.2 Å². The molecule has 1 N–H and O–H groups in total. The minimum atomic E-state index is 0.321. The van der Waals surface area contributed by atoms with Gasteiger partial charge in [0, 0.05) is 23.4 Å². The lowest BCUT2D eigenvalue weighted by atomic mass is 9.91. The van der Waals surface area contributed by atoms with Crippen LogP contribution in [0.25, 0.3) is 5.57 Å². The molecule has 3 rings (SSSR count). The molecule has 0 saturated heterocycles. The molecule has 2 heteroatoms. The van der Waals surface area contributed by atoms with Gasteiger partial charge >= 0.3 is 0 Å². The molecule has 0 radical (unpaired) electrons. The predicted molar refractivity (Wildman–Crippen MR) is 64.6 cm³/mol. The molecule has 0 amide bonds. The maximum Gasteiger partial charge on any atom is 0.165 e. The van der Waals surface area contributed by atoms with Gasteiger partial charge in [-0.05, 0) is 37.3 Å². The van der Waals surface area contributed by atoms with E-state index in [2.05, 4.69) is 30.1 Å². The molecule has 2 aliphatic rings. The summed E-state index contributed by atoms with van der Waals surface area (Å²) in [5.41, 5.74) is 5.75. The summed E-state index contributed by atoms with van der Waals surface area (Å²) < 4.78 is 0. The predicted octanol–water partition coefficient (Wildman–Crippen LogP) is 3.05. The van der Waals surface area contributed by atoms with E-state index in [-0.39, 0.29) is 0 Å². The first-order valence-corrected chi connectivity index (χ1v) is 5.88. The third-order valence-electron chi connectivity index (χ3n) is 3.49. The zero-order chi connectivity index (χ0) is 11.1. The summed E-state index contributed by atoms with van der Waals surface area (Å²) in [5, 5.41) is 0. The number of hydrogen-bond acceptors (Lipinski definition) is 1. The maximum atomic E-state index is 12.0. The number of Topliss-reactive ketones (excluding diaryl/α,β-unsaturated/α-hetero) is 1. The van der Waals surface area contributed by atoms with E-state index in [1.807, 2.05) is 0 Å². The van der Waals surface area contributed by atoms with Crippen LogP contribution in [0.1, 0.15) is 47.1 Å². The molecule has 0 saturated carbocycles. The van der Waals surface area contributed by atoms with E-state index in [4.69, 9.17) is 0 Å². The smallest absolute Gasteiger partial charge is 0.165 e. The highest BCUT2D eigenvalue weighted by atomic mass is 16.1. The van der Waals surface area contributed by atoms with Crippen molar-refractivity contribution in [1.29, 1.82) is 0 Å². The number of carbonyl (C=O) groups is 1. The summed E-state index contributed by atoms with van der Waals surface area (Å²) in [6, 6.07) is 0. The van der Waals surface area contributed by atoms with Crippen LogP contribution in [0.4, 0.5) is 0 Å². The van der Waals surface area contributed by atoms with Gasteiger partial charge in [-0.25, -0.2) is 0 Å². The van der Waals surface area contributed by atoms with Crippen molar-refractivity contribution in [1.82, 2.24) is 4.98 Å². The van der Waals surface area contributed by atoms with Gasteiger partial charge in [0.1, 0.15) is 0 Å². The summed E-state index contributed by atoms with van der Waals surface area (Å²) in [4.78, 5) is 15.4. The summed E-state index contributed by atoms with van der Waals surface area (Å²) in [7, 11) is 0. The molecule has 1 aromatic heterocycles. The number of rotatable bonds is 0. The van der Waals surface area contributed by atoms with Crippen molar-refractivity contribution in [2.45, 2.75) is 32.6 Å². The zero-order valence-corrected chi connectivity index (χ0v) is 9.47. The molecule has 0 spiro atoms. The Balaban J connectivity index is 2.24. The second-order valence-electron chi connectivity index (χ2n) is 4.59. The standard InChI is InChI=1S/C14H15NO/c1-9-5-2-3-6-10-13-11(15-14(9)10)7-4-8-12(13)16/h2-3,5,15H,4,6-8H2,1H3. The Bertz CT molecular complexity index is 517. The van der Waals surface area contributed by atoms with Gasteiger partial charge in [0.2, 0.25) is 0 Å². The number of hydrogen-bond donors (Lipinski definition) is 1. The van der Waals surface area contributed by atoms with Crippen LogP contribution in [-0.4, -0.2) is 10.8 Å². The molecule has 0 atom stereocenters. The largest absolute Gasteiger partial charge is 0.358 e. The van der Waals surface area contributed by atoms with E-state index in [1.54, 1.807) is 0 Å². The van der Waals surface area contributed by atoms with Crippen LogP contribution in [0, 0.1) is 0 Å². The average Bonchev–Trinajstić information content (AvgIpc) is 2.56. The number of allylic oxidation sites excluding steroid dienone is 4. The second kappa shape index (κ2) is 3.48. The molecule has 0 aliphatic heterocycles. The first-order chi connectivity index (χ1) is 7.77. The fourth-order valence-corrected chi connectivity index (χ4v) is 2.69. The Morgan fingerprint density at radius 3 is 3.06 bits per heavy atom. The van der Waals surface area contributed by atoms with Crippen molar-refractivity contribution in [3.05, 3.63) is 40.7 Å². The van der Waals surface area contributed by atoms with Gasteiger partial charge in [0.25, 0.3) is 0 Å². The number of ketones is 1. The number of nitrogens with one attached hydrogen (secondary N) is 1. The molecule has 1 aromatic rings. The molecular weight excluding hydrogens is 198 g/mol. The van der Waals surface area contributed by atoms with Crippen LogP contribution in [-0.2, 0) is 12.8 Å². The van der Waals surface area contributed by atoms with Crippen molar-refractivity contribution in [2.75, 3.05) is 0 Å². The Labute approximate surface area is 95.1 Å². The number of aryl methyl sites for hydroxylation is 1. The van der Waals surface area contributed by atoms with Crippen LogP contribution in [0.15, 0.2) is 18.2 Å². The van der Waals surface area contributed by atoms with E-state index >= 15 is 0 Å². The maximum absolute atomic E-state index is 12.0. The highest BCUT2D eigenvalue weighted by Crippen LogP contribution is 2.32. The lowest BCUT2D eigenvalue weighted by Crippen LogP contribution is -2.10. The van der Waals surface area contributed by atoms with Gasteiger partial charge in [0.05, 0.1) is 0 Å². The van der Waals surface area contributed by atoms with Crippen molar-refractivity contribution in [2.24, 2.45) is 0 Å². The summed E-state index contributed by atoms with van der Waals surface area (Å²) in [5.74, 6) is 0.321. The first kappa shape index (κ1) is 9.64. The van der Waals surface area contributed by atoms with E-state index < -0.39 is 0 Å². The van der Waals surface area contributed by atoms with Gasteiger partial charge in [-0.3, -0.25) is 4.79 Å². The quantitative estimate of drug-likeness (QED) is 0.706. The van der Waals surface area contributed by atoms with Crippen LogP contribution >= 0.6 is 0 Å². The van der Waals surface area contributed by atoms with Gasteiger partial charge in [0.15, 0.2) is 5.78 Å². The number of fused-ring (bicyclic) bond motifs is 3. The van der Waals surface area contributed by atoms with Crippen LogP contribution in [0.2, 0.25) is 0 Å². The molecule has 0 bridgehead atoms. The Kier molecular flexibility index (Phi) is 2.10. The molecule has 82 valence electrons. The molecule has 0 unspecified atom stereocenters. The molecule has 0 fully saturated rings. The first-order valence-electron chi connectivity index (χ1n) is 5.88. The Morgan fingerprint density at radius 1 is 1.31 bits per heavy atom. The number of aromatic nitrogens is 1. The Morgan fingerprint density at radius 2 is 2.19 bits per heavy atom. The SMILES string of the molecule is CC1=CC=CCc2c1[nH]c1c2C(=O)CCC1.